The molecule has 0 saturated carbocycles. The molecule has 7 nitrogen and oxygen atoms in total. The zero-order chi connectivity index (χ0) is 17.4. The molecule has 0 aromatic carbocycles. The Labute approximate surface area is 144 Å². The molecular weight excluding hydrogens is 320 g/mol. The molecular formula is C18H18N4O3. The van der Waals surface area contributed by atoms with Crippen LogP contribution >= 0.6 is 0 Å². The number of pyridine rings is 1. The molecule has 2 saturated heterocycles. The minimum absolute atomic E-state index is 0.0127. The van der Waals surface area contributed by atoms with Gasteiger partial charge in [0.2, 0.25) is 5.91 Å². The minimum atomic E-state index is -0.913. The van der Waals surface area contributed by atoms with Gasteiger partial charge in [-0.2, -0.15) is 0 Å². The second kappa shape index (κ2) is 6.13. The Hall–Kier alpha value is -3.01. The molecule has 2 atom stereocenters. The molecule has 2 aromatic rings. The fraction of sp³-hybridized carbons (Fsp3) is 0.389. The summed E-state index contributed by atoms with van der Waals surface area (Å²) in [5.74, 6) is 6.21. The van der Waals surface area contributed by atoms with Crippen LogP contribution < -0.4 is 0 Å². The number of hydrogen-bond donors (Lipinski definition) is 1. The van der Waals surface area contributed by atoms with E-state index in [9.17, 15) is 9.59 Å². The molecule has 1 unspecified atom stereocenters. The third-order valence-corrected chi connectivity index (χ3v) is 4.94. The van der Waals surface area contributed by atoms with Gasteiger partial charge in [-0.1, -0.05) is 12.0 Å². The second-order valence-corrected chi connectivity index (χ2v) is 6.42. The first-order valence-electron chi connectivity index (χ1n) is 8.33. The molecule has 2 fully saturated rings. The number of piperazine rings is 1. The molecule has 2 aliphatic heterocycles. The van der Waals surface area contributed by atoms with Gasteiger partial charge >= 0.3 is 6.09 Å². The zero-order valence-corrected chi connectivity index (χ0v) is 13.6. The monoisotopic (exact) mass is 338 g/mol. The summed E-state index contributed by atoms with van der Waals surface area (Å²) in [4.78, 5) is 31.1. The lowest BCUT2D eigenvalue weighted by atomic mass is 10.0. The molecule has 4 heterocycles. The molecule has 1 N–H and O–H groups in total. The van der Waals surface area contributed by atoms with Crippen LogP contribution in [-0.4, -0.2) is 62.0 Å². The smallest absolute Gasteiger partial charge is 0.407 e. The van der Waals surface area contributed by atoms with Gasteiger partial charge in [0.1, 0.15) is 5.65 Å². The van der Waals surface area contributed by atoms with Crippen LogP contribution in [0.4, 0.5) is 4.79 Å². The number of amides is 2. The van der Waals surface area contributed by atoms with Crippen LogP contribution in [0.5, 0.6) is 0 Å². The summed E-state index contributed by atoms with van der Waals surface area (Å²) in [6.45, 7) is 1.27. The van der Waals surface area contributed by atoms with Crippen LogP contribution in [0.1, 0.15) is 18.5 Å². The van der Waals surface area contributed by atoms with Crippen molar-refractivity contribution in [1.29, 1.82) is 0 Å². The van der Waals surface area contributed by atoms with Crippen molar-refractivity contribution in [1.82, 2.24) is 19.2 Å². The van der Waals surface area contributed by atoms with Crippen molar-refractivity contribution in [3.05, 3.63) is 36.3 Å². The number of carbonyl (C=O) groups excluding carboxylic acids is 1. The Bertz CT molecular complexity index is 894. The van der Waals surface area contributed by atoms with Gasteiger partial charge in [-0.3, -0.25) is 9.20 Å². The molecule has 2 amide bonds. The van der Waals surface area contributed by atoms with Crippen molar-refractivity contribution < 1.29 is 14.7 Å². The number of nitrogens with zero attached hydrogens (tertiary/aromatic N) is 4. The molecule has 0 bridgehead atoms. The van der Waals surface area contributed by atoms with E-state index in [1.54, 1.807) is 6.20 Å². The van der Waals surface area contributed by atoms with E-state index in [2.05, 4.69) is 16.8 Å². The summed E-state index contributed by atoms with van der Waals surface area (Å²) in [5.41, 5.74) is 1.69. The quantitative estimate of drug-likeness (QED) is 0.795. The lowest BCUT2D eigenvalue weighted by Gasteiger charge is -2.35. The van der Waals surface area contributed by atoms with Crippen molar-refractivity contribution in [3.8, 4) is 11.8 Å². The number of imidazole rings is 1. The SMILES string of the molecule is O=C(O)N1CCN2C(=O)C(CC#Cc3cccc4nccn34)C[C@H]2C1. The molecule has 2 aliphatic rings. The third-order valence-electron chi connectivity index (χ3n) is 4.94. The number of fused-ring (bicyclic) bond motifs is 2. The van der Waals surface area contributed by atoms with E-state index in [4.69, 9.17) is 5.11 Å². The molecule has 0 aliphatic carbocycles. The Morgan fingerprint density at radius 1 is 1.36 bits per heavy atom. The third kappa shape index (κ3) is 2.80. The largest absolute Gasteiger partial charge is 0.465 e. The normalized spacial score (nSPS) is 22.6. The van der Waals surface area contributed by atoms with Crippen molar-refractivity contribution >= 4 is 17.6 Å². The Kier molecular flexibility index (Phi) is 3.80. The first kappa shape index (κ1) is 15.5. The van der Waals surface area contributed by atoms with Crippen molar-refractivity contribution in [2.45, 2.75) is 18.9 Å². The molecule has 4 rings (SSSR count). The van der Waals surface area contributed by atoms with Gasteiger partial charge in [0, 0.05) is 38.4 Å². The maximum absolute atomic E-state index is 12.5. The van der Waals surface area contributed by atoms with E-state index in [0.717, 1.165) is 11.3 Å². The summed E-state index contributed by atoms with van der Waals surface area (Å²) < 4.78 is 1.91. The Balaban J connectivity index is 1.45. The number of carbonyl (C=O) groups is 2. The molecule has 0 spiro atoms. The van der Waals surface area contributed by atoms with Gasteiger partial charge in [0.25, 0.3) is 0 Å². The topological polar surface area (TPSA) is 78.2 Å². The standard InChI is InChI=1S/C18H18N4O3/c23-17-13(11-15-12-20(18(24)25)9-10-22(15)17)3-1-4-14-5-2-6-16-19-7-8-21(14)16/h2,5-8,13,15H,3,9-12H2,(H,24,25)/t13?,15-/m0/s1. The average molecular weight is 338 g/mol. The predicted molar refractivity (Wildman–Crippen MR) is 89.9 cm³/mol. The van der Waals surface area contributed by atoms with E-state index in [0.29, 0.717) is 32.5 Å². The van der Waals surface area contributed by atoms with E-state index >= 15 is 0 Å². The lowest BCUT2D eigenvalue weighted by Crippen LogP contribution is -2.52. The average Bonchev–Trinajstić information content (AvgIpc) is 3.20. The molecule has 25 heavy (non-hydrogen) atoms. The molecule has 7 heteroatoms. The van der Waals surface area contributed by atoms with Gasteiger partial charge in [-0.25, -0.2) is 9.78 Å². The Morgan fingerprint density at radius 3 is 3.08 bits per heavy atom. The van der Waals surface area contributed by atoms with Gasteiger partial charge in [0.15, 0.2) is 0 Å². The van der Waals surface area contributed by atoms with E-state index < -0.39 is 6.09 Å². The number of carboxylic acid groups (broad SMARTS) is 1. The second-order valence-electron chi connectivity index (χ2n) is 6.42. The maximum Gasteiger partial charge on any atom is 0.407 e. The minimum Gasteiger partial charge on any atom is -0.465 e. The zero-order valence-electron chi connectivity index (χ0n) is 13.6. The predicted octanol–water partition coefficient (Wildman–Crippen LogP) is 1.29. The van der Waals surface area contributed by atoms with Crippen LogP contribution in [0.25, 0.3) is 5.65 Å². The van der Waals surface area contributed by atoms with Crippen molar-refractivity contribution in [2.24, 2.45) is 5.92 Å². The highest BCUT2D eigenvalue weighted by atomic mass is 16.4. The summed E-state index contributed by atoms with van der Waals surface area (Å²) >= 11 is 0. The van der Waals surface area contributed by atoms with Gasteiger partial charge in [-0.05, 0) is 24.5 Å². The van der Waals surface area contributed by atoms with Gasteiger partial charge in [0.05, 0.1) is 17.7 Å². The van der Waals surface area contributed by atoms with E-state index in [1.165, 1.54) is 4.90 Å². The van der Waals surface area contributed by atoms with Crippen molar-refractivity contribution in [3.63, 3.8) is 0 Å². The molecule has 128 valence electrons. The van der Waals surface area contributed by atoms with Crippen molar-refractivity contribution in [2.75, 3.05) is 19.6 Å². The lowest BCUT2D eigenvalue weighted by molar-refractivity contribution is -0.133. The number of aromatic nitrogens is 2. The fourth-order valence-electron chi connectivity index (χ4n) is 3.67. The van der Waals surface area contributed by atoms with Gasteiger partial charge < -0.3 is 14.9 Å². The first-order chi connectivity index (χ1) is 12.1. The van der Waals surface area contributed by atoms with E-state index in [-0.39, 0.29) is 17.9 Å². The fourth-order valence-corrected chi connectivity index (χ4v) is 3.67. The van der Waals surface area contributed by atoms with E-state index in [1.807, 2.05) is 33.7 Å². The molecule has 2 aromatic heterocycles. The summed E-state index contributed by atoms with van der Waals surface area (Å²) in [7, 11) is 0. The van der Waals surface area contributed by atoms with Crippen LogP contribution in [-0.2, 0) is 4.79 Å². The maximum atomic E-state index is 12.5. The first-order valence-corrected chi connectivity index (χ1v) is 8.33. The van der Waals surface area contributed by atoms with Crippen LogP contribution in [0.2, 0.25) is 0 Å². The summed E-state index contributed by atoms with van der Waals surface area (Å²) in [6, 6.07) is 5.74. The highest BCUT2D eigenvalue weighted by molar-refractivity contribution is 5.82. The summed E-state index contributed by atoms with van der Waals surface area (Å²) in [6.07, 6.45) is 3.84. The number of hydrogen-bond acceptors (Lipinski definition) is 3. The van der Waals surface area contributed by atoms with Crippen LogP contribution in [0.15, 0.2) is 30.6 Å². The highest BCUT2D eigenvalue weighted by Gasteiger charge is 2.42. The number of rotatable bonds is 1. The Morgan fingerprint density at radius 2 is 2.24 bits per heavy atom. The van der Waals surface area contributed by atoms with Crippen LogP contribution in [0.3, 0.4) is 0 Å². The highest BCUT2D eigenvalue weighted by Crippen LogP contribution is 2.29. The van der Waals surface area contributed by atoms with Gasteiger partial charge in [-0.15, -0.1) is 0 Å². The molecule has 0 radical (unpaired) electrons. The summed E-state index contributed by atoms with van der Waals surface area (Å²) in [5, 5.41) is 9.12. The van der Waals surface area contributed by atoms with Crippen LogP contribution in [0, 0.1) is 17.8 Å².